The van der Waals surface area contributed by atoms with Gasteiger partial charge in [-0.15, -0.1) is 0 Å². The molecule has 44 heavy (non-hydrogen) atoms. The molecule has 2 atom stereocenters. The molecule has 5 aromatic rings. The van der Waals surface area contributed by atoms with Gasteiger partial charge >= 0.3 is 0 Å². The summed E-state index contributed by atoms with van der Waals surface area (Å²) in [5.74, 6) is 1.22. The zero-order valence-electron chi connectivity index (χ0n) is 24.7. The van der Waals surface area contributed by atoms with Gasteiger partial charge in [-0.2, -0.15) is 0 Å². The van der Waals surface area contributed by atoms with Crippen molar-refractivity contribution in [1.82, 2.24) is 19.9 Å². The first-order valence-corrected chi connectivity index (χ1v) is 15.3. The number of likely N-dealkylation sites (tertiary alicyclic amines) is 1. The third-order valence-corrected chi connectivity index (χ3v) is 9.03. The number of hydrogen-bond donors (Lipinski definition) is 3. The van der Waals surface area contributed by atoms with Gasteiger partial charge in [-0.1, -0.05) is 55.8 Å². The van der Waals surface area contributed by atoms with E-state index < -0.39 is 0 Å². The van der Waals surface area contributed by atoms with Gasteiger partial charge in [0.05, 0.1) is 23.8 Å². The van der Waals surface area contributed by atoms with E-state index in [1.807, 2.05) is 30.6 Å². The number of nitrogens with zero attached hydrogens (tertiary/aromatic N) is 4. The Hall–Kier alpha value is -4.08. The number of β-amino-alcohol motifs (C(OH)–C–C–N with tert-alkyl or cyclic N) is 1. The van der Waals surface area contributed by atoms with Crippen molar-refractivity contribution < 1.29 is 14.6 Å². The van der Waals surface area contributed by atoms with Crippen molar-refractivity contribution in [2.45, 2.75) is 45.6 Å². The lowest BCUT2D eigenvalue weighted by Crippen LogP contribution is -2.37. The number of aromatic nitrogens is 3. The molecule has 2 aliphatic rings. The van der Waals surface area contributed by atoms with Gasteiger partial charge in [0.1, 0.15) is 11.0 Å². The van der Waals surface area contributed by atoms with E-state index in [2.05, 4.69) is 70.5 Å². The molecule has 0 saturated carbocycles. The minimum Gasteiger partial charge on any atom is -0.435 e. The van der Waals surface area contributed by atoms with E-state index in [1.165, 1.54) is 5.57 Å². The predicted molar refractivity (Wildman–Crippen MR) is 174 cm³/mol. The molecule has 1 aliphatic heterocycles. The fraction of sp³-hybridized carbons (Fsp3) is 0.286. The second-order valence-electron chi connectivity index (χ2n) is 12.2. The van der Waals surface area contributed by atoms with Gasteiger partial charge in [0.25, 0.3) is 0 Å². The lowest BCUT2D eigenvalue weighted by molar-refractivity contribution is 0.175. The summed E-state index contributed by atoms with van der Waals surface area (Å²) in [4.78, 5) is 16.4. The fourth-order valence-electron chi connectivity index (χ4n) is 6.32. The minimum atomic E-state index is -0.297. The van der Waals surface area contributed by atoms with Crippen molar-refractivity contribution in [1.29, 1.82) is 0 Å². The molecule has 1 unspecified atom stereocenters. The quantitative estimate of drug-likeness (QED) is 0.190. The van der Waals surface area contributed by atoms with Gasteiger partial charge in [0, 0.05) is 48.4 Å². The molecular formula is C35H34ClN5O3. The van der Waals surface area contributed by atoms with Crippen LogP contribution in [0.2, 0.25) is 5.02 Å². The molecule has 0 spiro atoms. The second kappa shape index (κ2) is 11.4. The highest BCUT2D eigenvalue weighted by Gasteiger charge is 2.35. The van der Waals surface area contributed by atoms with E-state index in [0.29, 0.717) is 34.1 Å². The minimum absolute atomic E-state index is 0.0446. The van der Waals surface area contributed by atoms with Gasteiger partial charge < -0.3 is 19.9 Å². The molecule has 224 valence electrons. The number of aliphatic hydroxyl groups is 2. The first-order valence-electron chi connectivity index (χ1n) is 14.9. The molecule has 1 fully saturated rings. The van der Waals surface area contributed by atoms with Crippen LogP contribution in [0.5, 0.6) is 0 Å². The molecule has 2 aromatic carbocycles. The summed E-state index contributed by atoms with van der Waals surface area (Å²) >= 11 is 6.41. The average Bonchev–Trinajstić information content (AvgIpc) is 3.64. The topological polar surface area (TPSA) is 108 Å². The van der Waals surface area contributed by atoms with Crippen molar-refractivity contribution in [3.8, 4) is 11.5 Å². The Labute approximate surface area is 260 Å². The fourth-order valence-corrected chi connectivity index (χ4v) is 6.60. The van der Waals surface area contributed by atoms with Crippen LogP contribution in [-0.2, 0) is 13.2 Å². The van der Waals surface area contributed by atoms with Crippen LogP contribution in [0.4, 0.5) is 5.82 Å². The third kappa shape index (κ3) is 5.39. The zero-order valence-corrected chi connectivity index (χ0v) is 25.4. The van der Waals surface area contributed by atoms with E-state index in [9.17, 15) is 10.2 Å². The Bertz CT molecular complexity index is 1930. The van der Waals surface area contributed by atoms with Crippen LogP contribution in [0.3, 0.4) is 0 Å². The summed E-state index contributed by atoms with van der Waals surface area (Å²) in [6.07, 6.45) is 10.7. The van der Waals surface area contributed by atoms with Crippen LogP contribution >= 0.6 is 11.6 Å². The van der Waals surface area contributed by atoms with Crippen molar-refractivity contribution in [3.05, 3.63) is 101 Å². The first kappa shape index (κ1) is 28.7. The molecule has 1 saturated heterocycles. The highest BCUT2D eigenvalue weighted by atomic mass is 35.5. The summed E-state index contributed by atoms with van der Waals surface area (Å²) in [5.41, 5.74) is 6.55. The molecule has 3 aromatic heterocycles. The van der Waals surface area contributed by atoms with Gasteiger partial charge in [-0.25, -0.2) is 9.97 Å². The summed E-state index contributed by atoms with van der Waals surface area (Å²) in [6.45, 7) is 6.72. The molecule has 0 bridgehead atoms. The summed E-state index contributed by atoms with van der Waals surface area (Å²) in [7, 11) is 0. The normalized spacial score (nSPS) is 20.0. The number of anilines is 1. The van der Waals surface area contributed by atoms with E-state index in [4.69, 9.17) is 21.0 Å². The zero-order chi connectivity index (χ0) is 30.4. The summed E-state index contributed by atoms with van der Waals surface area (Å²) in [5, 5.41) is 24.6. The van der Waals surface area contributed by atoms with Crippen LogP contribution in [0.25, 0.3) is 39.0 Å². The molecule has 8 nitrogen and oxygen atoms in total. The van der Waals surface area contributed by atoms with Gasteiger partial charge in [0.15, 0.2) is 11.4 Å². The number of allylic oxidation sites excluding steroid dienone is 2. The second-order valence-corrected chi connectivity index (χ2v) is 12.7. The maximum absolute atomic E-state index is 9.89. The lowest BCUT2D eigenvalue weighted by Gasteiger charge is -2.38. The molecule has 9 heteroatoms. The largest absolute Gasteiger partial charge is 0.435 e. The number of aliphatic hydroxyl groups excluding tert-OH is 2. The van der Waals surface area contributed by atoms with Gasteiger partial charge in [0.2, 0.25) is 5.89 Å². The maximum Gasteiger partial charge on any atom is 0.227 e. The Morgan fingerprint density at radius 3 is 2.77 bits per heavy atom. The van der Waals surface area contributed by atoms with Gasteiger partial charge in [-0.3, -0.25) is 9.88 Å². The standard InChI is InChI=1S/C35H34ClN5O3/c1-35(2)27(23-5-3-6-25(16-23)34-39-29-15-21(20-42)14-28(36)32(29)44-34)7-4-8-30(35)40-33-31-24(9-11-37-33)13-22(17-38-31)18-41-12-10-26(43)19-41/h3-9,11,13-17,26,30,42-43H,10,12,18-20H2,1-2H3,(H,37,40)/t26-,30?/m1/s1. The van der Waals surface area contributed by atoms with E-state index >= 15 is 0 Å². The molecule has 3 N–H and O–H groups in total. The number of benzene rings is 2. The SMILES string of the molecule is CC1(C)C(c2cccc(-c3nc4cc(CO)cc(Cl)c4o3)c2)=CC=CC1Nc1nccc2cc(CN3CC[C@@H](O)C3)cnc12. The van der Waals surface area contributed by atoms with Crippen LogP contribution in [0.15, 0.2) is 83.6 Å². The van der Waals surface area contributed by atoms with E-state index in [0.717, 1.165) is 52.9 Å². The Morgan fingerprint density at radius 2 is 1.95 bits per heavy atom. The number of hydrogen-bond acceptors (Lipinski definition) is 8. The van der Waals surface area contributed by atoms with E-state index in [-0.39, 0.29) is 24.2 Å². The molecular weight excluding hydrogens is 574 g/mol. The molecule has 1 aliphatic carbocycles. The third-order valence-electron chi connectivity index (χ3n) is 8.75. The lowest BCUT2D eigenvalue weighted by atomic mass is 9.71. The molecule has 0 amide bonds. The molecule has 4 heterocycles. The Morgan fingerprint density at radius 1 is 1.09 bits per heavy atom. The predicted octanol–water partition coefficient (Wildman–Crippen LogP) is 6.61. The smallest absolute Gasteiger partial charge is 0.227 e. The number of pyridine rings is 2. The monoisotopic (exact) mass is 607 g/mol. The van der Waals surface area contributed by atoms with E-state index in [1.54, 1.807) is 12.1 Å². The van der Waals surface area contributed by atoms with Crippen LogP contribution in [0.1, 0.15) is 37.0 Å². The first-order chi connectivity index (χ1) is 21.3. The number of nitrogens with one attached hydrogen (secondary N) is 1. The van der Waals surface area contributed by atoms with Crippen molar-refractivity contribution in [2.75, 3.05) is 18.4 Å². The van der Waals surface area contributed by atoms with Crippen molar-refractivity contribution >= 4 is 45.0 Å². The highest BCUT2D eigenvalue weighted by molar-refractivity contribution is 6.34. The number of fused-ring (bicyclic) bond motifs is 2. The Balaban J connectivity index is 1.14. The number of halogens is 1. The maximum atomic E-state index is 9.89. The number of oxazole rings is 1. The summed E-state index contributed by atoms with van der Waals surface area (Å²) < 4.78 is 6.07. The molecule has 7 rings (SSSR count). The summed E-state index contributed by atoms with van der Waals surface area (Å²) in [6, 6.07) is 15.8. The van der Waals surface area contributed by atoms with Crippen molar-refractivity contribution in [2.24, 2.45) is 5.41 Å². The Kier molecular flexibility index (Phi) is 7.46. The average molecular weight is 608 g/mol. The van der Waals surface area contributed by atoms with Crippen LogP contribution < -0.4 is 5.32 Å². The van der Waals surface area contributed by atoms with Crippen molar-refractivity contribution in [3.63, 3.8) is 0 Å². The highest BCUT2D eigenvalue weighted by Crippen LogP contribution is 2.43. The van der Waals surface area contributed by atoms with Crippen LogP contribution in [-0.4, -0.2) is 55.3 Å². The number of rotatable bonds is 7. The molecule has 0 radical (unpaired) electrons. The van der Waals surface area contributed by atoms with Crippen LogP contribution in [0, 0.1) is 5.41 Å². The van der Waals surface area contributed by atoms with Gasteiger partial charge in [-0.05, 0) is 65.1 Å².